The van der Waals surface area contributed by atoms with Crippen LogP contribution in [-0.4, -0.2) is 34.2 Å². The molecule has 0 aromatic heterocycles. The van der Waals surface area contributed by atoms with Crippen LogP contribution in [0.3, 0.4) is 0 Å². The Morgan fingerprint density at radius 2 is 2.10 bits per heavy atom. The van der Waals surface area contributed by atoms with E-state index < -0.39 is 31.8 Å². The van der Waals surface area contributed by atoms with Gasteiger partial charge in [0, 0.05) is 17.8 Å². The summed E-state index contributed by atoms with van der Waals surface area (Å²) in [7, 11) is 2.41. The second kappa shape index (κ2) is 6.84. The Balaban J connectivity index is 3.15. The fourth-order valence-corrected chi connectivity index (χ4v) is 3.47. The zero-order valence-corrected chi connectivity index (χ0v) is 13.7. The van der Waals surface area contributed by atoms with Crippen LogP contribution in [-0.2, 0) is 18.5 Å². The van der Waals surface area contributed by atoms with Crippen LogP contribution in [0.4, 0.5) is 4.39 Å². The first-order valence-electron chi connectivity index (χ1n) is 5.30. The largest absolute Gasteiger partial charge is 0.457 e. The Bertz CT molecular complexity index is 619. The van der Waals surface area contributed by atoms with Gasteiger partial charge >= 0.3 is 5.97 Å². The zero-order valence-electron chi connectivity index (χ0n) is 10.5. The molecule has 0 amide bonds. The monoisotopic (exact) mass is 388 g/mol. The minimum Gasteiger partial charge on any atom is -0.457 e. The van der Waals surface area contributed by atoms with Crippen molar-refractivity contribution < 1.29 is 27.1 Å². The summed E-state index contributed by atoms with van der Waals surface area (Å²) in [5.74, 6) is -1.81. The molecular weight excluding hydrogens is 379 g/mol. The van der Waals surface area contributed by atoms with Crippen LogP contribution in [0.1, 0.15) is 17.3 Å². The molecule has 0 fully saturated rings. The summed E-state index contributed by atoms with van der Waals surface area (Å²) >= 11 is 2.76. The Kier molecular flexibility index (Phi) is 5.93. The zero-order chi connectivity index (χ0) is 15.5. The molecule has 0 N–H and O–H groups in total. The van der Waals surface area contributed by atoms with Crippen LogP contribution in [0.15, 0.2) is 21.5 Å². The normalized spacial score (nSPS) is 13.1. The van der Waals surface area contributed by atoms with Crippen LogP contribution in [0.25, 0.3) is 0 Å². The fraction of sp³-hybridized carbons (Fsp3) is 0.364. The fourth-order valence-electron chi connectivity index (χ4n) is 1.38. The maximum atomic E-state index is 13.6. The van der Waals surface area contributed by atoms with Crippen molar-refractivity contribution in [3.05, 3.63) is 28.0 Å². The predicted molar refractivity (Wildman–Crippen MR) is 73.9 cm³/mol. The first-order valence-corrected chi connectivity index (χ1v) is 8.40. The smallest absolute Gasteiger partial charge is 0.338 e. The molecule has 0 aliphatic rings. The average Bonchev–Trinajstić information content (AvgIpc) is 2.30. The van der Waals surface area contributed by atoms with E-state index in [0.717, 1.165) is 12.1 Å². The molecule has 1 aromatic carbocycles. The van der Waals surface area contributed by atoms with Crippen molar-refractivity contribution in [3.63, 3.8) is 0 Å². The van der Waals surface area contributed by atoms with Crippen LogP contribution < -0.4 is 0 Å². The van der Waals surface area contributed by atoms with Gasteiger partial charge in [0.25, 0.3) is 9.05 Å². The Morgan fingerprint density at radius 1 is 1.50 bits per heavy atom. The van der Waals surface area contributed by atoms with Crippen LogP contribution in [0.2, 0.25) is 0 Å². The number of esters is 1. The molecular formula is C11H11BrClFO5S. The van der Waals surface area contributed by atoms with Gasteiger partial charge in [0.05, 0.1) is 16.6 Å². The number of carbonyl (C=O) groups is 1. The third-order valence-electron chi connectivity index (χ3n) is 2.20. The topological polar surface area (TPSA) is 69.7 Å². The number of carbonyl (C=O) groups excluding carboxylic acids is 1. The second-order valence-corrected chi connectivity index (χ2v) is 7.21. The van der Waals surface area contributed by atoms with Crippen molar-refractivity contribution in [1.82, 2.24) is 0 Å². The van der Waals surface area contributed by atoms with Crippen molar-refractivity contribution in [2.24, 2.45) is 0 Å². The van der Waals surface area contributed by atoms with E-state index in [1.54, 1.807) is 6.92 Å². The lowest BCUT2D eigenvalue weighted by Crippen LogP contribution is -2.20. The number of hydrogen-bond acceptors (Lipinski definition) is 5. The van der Waals surface area contributed by atoms with E-state index in [1.165, 1.54) is 7.11 Å². The van der Waals surface area contributed by atoms with Crippen molar-refractivity contribution in [2.75, 3.05) is 13.7 Å². The number of methoxy groups -OCH3 is 1. The van der Waals surface area contributed by atoms with Crippen LogP contribution in [0, 0.1) is 5.82 Å². The van der Waals surface area contributed by atoms with Crippen LogP contribution in [0.5, 0.6) is 0 Å². The SMILES string of the molecule is COCC(C)OC(=O)c1cc(F)c(Br)c(S(=O)(=O)Cl)c1. The number of rotatable bonds is 5. The maximum absolute atomic E-state index is 13.6. The van der Waals surface area contributed by atoms with Crippen molar-refractivity contribution in [2.45, 2.75) is 17.9 Å². The lowest BCUT2D eigenvalue weighted by atomic mass is 10.2. The standard InChI is InChI=1S/C11H11BrClFO5S/c1-6(5-18-2)19-11(15)7-3-8(14)10(12)9(4-7)20(13,16)17/h3-4,6H,5H2,1-2H3. The minimum absolute atomic E-state index is 0.158. The number of ether oxygens (including phenoxy) is 2. The molecule has 0 aliphatic heterocycles. The number of benzene rings is 1. The summed E-state index contributed by atoms with van der Waals surface area (Å²) in [6, 6.07) is 1.80. The molecule has 1 rings (SSSR count). The summed E-state index contributed by atoms with van der Waals surface area (Å²) in [6.45, 7) is 1.74. The minimum atomic E-state index is -4.20. The summed E-state index contributed by atoms with van der Waals surface area (Å²) < 4.78 is 45.6. The van der Waals surface area contributed by atoms with Crippen molar-refractivity contribution in [1.29, 1.82) is 0 Å². The first kappa shape index (κ1) is 17.4. The molecule has 9 heteroatoms. The quantitative estimate of drug-likeness (QED) is 0.572. The summed E-state index contributed by atoms with van der Waals surface area (Å²) in [6.07, 6.45) is -0.560. The third-order valence-corrected chi connectivity index (χ3v) is 4.62. The molecule has 1 aromatic rings. The van der Waals surface area contributed by atoms with E-state index in [4.69, 9.17) is 20.2 Å². The van der Waals surface area contributed by atoms with Crippen molar-refractivity contribution in [3.8, 4) is 0 Å². The van der Waals surface area contributed by atoms with Gasteiger partial charge in [-0.25, -0.2) is 17.6 Å². The lowest BCUT2D eigenvalue weighted by molar-refractivity contribution is 0.0119. The van der Waals surface area contributed by atoms with E-state index in [9.17, 15) is 17.6 Å². The van der Waals surface area contributed by atoms with Gasteiger partial charge in [-0.15, -0.1) is 0 Å². The van der Waals surface area contributed by atoms with Gasteiger partial charge in [-0.2, -0.15) is 0 Å². The molecule has 1 atom stereocenters. The van der Waals surface area contributed by atoms with Crippen LogP contribution >= 0.6 is 26.6 Å². The highest BCUT2D eigenvalue weighted by Crippen LogP contribution is 2.29. The summed E-state index contributed by atoms with van der Waals surface area (Å²) in [5.41, 5.74) is -0.257. The molecule has 0 bridgehead atoms. The predicted octanol–water partition coefficient (Wildman–Crippen LogP) is 2.71. The molecule has 0 radical (unpaired) electrons. The van der Waals surface area contributed by atoms with E-state index in [-0.39, 0.29) is 16.6 Å². The van der Waals surface area contributed by atoms with Gasteiger partial charge in [0.15, 0.2) is 0 Å². The molecule has 1 unspecified atom stereocenters. The summed E-state index contributed by atoms with van der Waals surface area (Å²) in [4.78, 5) is 11.2. The Morgan fingerprint density at radius 3 is 2.60 bits per heavy atom. The van der Waals surface area contributed by atoms with Gasteiger partial charge in [-0.1, -0.05) is 0 Å². The Labute approximate surface area is 128 Å². The number of hydrogen-bond donors (Lipinski definition) is 0. The molecule has 20 heavy (non-hydrogen) atoms. The van der Waals surface area contributed by atoms with E-state index in [1.807, 2.05) is 0 Å². The first-order chi connectivity index (χ1) is 9.16. The maximum Gasteiger partial charge on any atom is 0.338 e. The highest BCUT2D eigenvalue weighted by atomic mass is 79.9. The van der Waals surface area contributed by atoms with E-state index >= 15 is 0 Å². The van der Waals surface area contributed by atoms with Gasteiger partial charge in [0.1, 0.15) is 16.8 Å². The van der Waals surface area contributed by atoms with Gasteiger partial charge in [-0.05, 0) is 35.0 Å². The van der Waals surface area contributed by atoms with E-state index in [2.05, 4.69) is 15.9 Å². The molecule has 0 aliphatic carbocycles. The Hall–Kier alpha value is -0.700. The highest BCUT2D eigenvalue weighted by Gasteiger charge is 2.22. The lowest BCUT2D eigenvalue weighted by Gasteiger charge is -2.13. The molecule has 112 valence electrons. The highest BCUT2D eigenvalue weighted by molar-refractivity contribution is 9.10. The molecule has 0 saturated heterocycles. The number of halogens is 3. The van der Waals surface area contributed by atoms with E-state index in [0.29, 0.717) is 0 Å². The molecule has 0 heterocycles. The average molecular weight is 390 g/mol. The van der Waals surface area contributed by atoms with Gasteiger partial charge in [0.2, 0.25) is 0 Å². The van der Waals surface area contributed by atoms with Gasteiger partial charge in [-0.3, -0.25) is 0 Å². The molecule has 0 saturated carbocycles. The summed E-state index contributed by atoms with van der Waals surface area (Å²) in [5, 5.41) is 0. The van der Waals surface area contributed by atoms with Crippen molar-refractivity contribution >= 4 is 41.6 Å². The molecule has 0 spiro atoms. The molecule has 5 nitrogen and oxygen atoms in total. The van der Waals surface area contributed by atoms with Gasteiger partial charge < -0.3 is 9.47 Å². The third kappa shape index (κ3) is 4.41. The second-order valence-electron chi connectivity index (χ2n) is 3.88.